The lowest BCUT2D eigenvalue weighted by Gasteiger charge is -2.46. The number of aryl methyl sites for hydroxylation is 1. The Balaban J connectivity index is 1.09. The van der Waals surface area contributed by atoms with Gasteiger partial charge in [-0.2, -0.15) is 0 Å². The van der Waals surface area contributed by atoms with Crippen LogP contribution < -0.4 is 30.6 Å². The zero-order valence-electron chi connectivity index (χ0n) is 30.0. The maximum atomic E-state index is 15.9. The van der Waals surface area contributed by atoms with E-state index >= 15 is 13.2 Å². The number of rotatable bonds is 9. The first-order chi connectivity index (χ1) is 24.3. The van der Waals surface area contributed by atoms with Crippen molar-refractivity contribution >= 4 is 17.3 Å². The molecule has 274 valence electrons. The predicted molar refractivity (Wildman–Crippen MR) is 192 cm³/mol. The molecule has 13 heteroatoms. The summed E-state index contributed by atoms with van der Waals surface area (Å²) in [5.74, 6) is -2.53. The number of carbonyl (C=O) groups is 1. The minimum Gasteiger partial charge on any atom is -0.496 e. The SMILES string of the molecule is C=C1CC[C@@H](Nc2ccc(N3CCN([C@H]4CCN(Cc5c(OC)cc(-c6cn(C)c(=O)c(C)c6C)cc5OC)CC4(F)F)CC3)c(F)c2)C(=O)N1. The van der Waals surface area contributed by atoms with Crippen LogP contribution in [0.3, 0.4) is 0 Å². The first-order valence-electron chi connectivity index (χ1n) is 17.4. The second kappa shape index (κ2) is 14.6. The molecule has 2 aromatic carbocycles. The number of nitrogens with one attached hydrogen (secondary N) is 2. The molecule has 1 amide bonds. The maximum Gasteiger partial charge on any atom is 0.275 e. The van der Waals surface area contributed by atoms with Gasteiger partial charge in [0.1, 0.15) is 23.4 Å². The summed E-state index contributed by atoms with van der Waals surface area (Å²) < 4.78 is 60.1. The monoisotopic (exact) mass is 708 g/mol. The Labute approximate surface area is 296 Å². The van der Waals surface area contributed by atoms with Crippen molar-refractivity contribution in [2.24, 2.45) is 7.05 Å². The van der Waals surface area contributed by atoms with Crippen molar-refractivity contribution in [1.82, 2.24) is 19.7 Å². The minimum atomic E-state index is -2.97. The van der Waals surface area contributed by atoms with E-state index in [2.05, 4.69) is 17.2 Å². The standard InChI is InChI=1S/C38H47F3N6O4/c1-23-7-9-31(36(48)42-23)43-27-8-10-32(30(39)19-27)46-13-15-47(16-14-46)35-11-12-45(22-38(35,40)41)21-29-33(50-5)17-26(18-34(29)51-6)28-20-44(4)37(49)25(3)24(28)2/h8,10,17-20,31,35,43H,1,7,9,11-16,21-22H2,2-6H3,(H,42,48)/t31-,35+/m1/s1. The van der Waals surface area contributed by atoms with Crippen LogP contribution in [0.5, 0.6) is 11.5 Å². The largest absolute Gasteiger partial charge is 0.496 e. The van der Waals surface area contributed by atoms with Gasteiger partial charge in [0.2, 0.25) is 5.91 Å². The van der Waals surface area contributed by atoms with Gasteiger partial charge < -0.3 is 29.6 Å². The fourth-order valence-electron chi connectivity index (χ4n) is 7.61. The number of carbonyl (C=O) groups excluding carboxylic acids is 1. The van der Waals surface area contributed by atoms with Gasteiger partial charge in [0.15, 0.2) is 0 Å². The summed E-state index contributed by atoms with van der Waals surface area (Å²) in [6.07, 6.45) is 3.30. The van der Waals surface area contributed by atoms with Gasteiger partial charge in [-0.25, -0.2) is 13.2 Å². The number of likely N-dealkylation sites (tertiary alicyclic amines) is 1. The fraction of sp³-hybridized carbons (Fsp3) is 0.474. The molecule has 10 nitrogen and oxygen atoms in total. The average molecular weight is 709 g/mol. The first-order valence-corrected chi connectivity index (χ1v) is 17.4. The van der Waals surface area contributed by atoms with E-state index in [4.69, 9.17) is 9.47 Å². The van der Waals surface area contributed by atoms with Crippen molar-refractivity contribution in [2.45, 2.75) is 57.7 Å². The van der Waals surface area contributed by atoms with Crippen molar-refractivity contribution in [3.63, 3.8) is 0 Å². The molecule has 0 bridgehead atoms. The highest BCUT2D eigenvalue weighted by Gasteiger charge is 2.48. The molecule has 3 aliphatic rings. The van der Waals surface area contributed by atoms with E-state index in [9.17, 15) is 9.59 Å². The molecule has 4 heterocycles. The fourth-order valence-corrected chi connectivity index (χ4v) is 7.61. The second-order valence-corrected chi connectivity index (χ2v) is 13.9. The van der Waals surface area contributed by atoms with Gasteiger partial charge in [0, 0.05) is 75.0 Å². The molecule has 3 fully saturated rings. The number of hydrogen-bond donors (Lipinski definition) is 2. The number of hydrogen-bond acceptors (Lipinski definition) is 8. The van der Waals surface area contributed by atoms with Crippen molar-refractivity contribution in [3.8, 4) is 22.6 Å². The lowest BCUT2D eigenvalue weighted by Crippen LogP contribution is -2.61. The lowest BCUT2D eigenvalue weighted by atomic mass is 9.95. The zero-order valence-corrected chi connectivity index (χ0v) is 30.0. The normalized spacial score (nSPS) is 21.4. The summed E-state index contributed by atoms with van der Waals surface area (Å²) in [6, 6.07) is 7.16. The van der Waals surface area contributed by atoms with Crippen LogP contribution in [0.4, 0.5) is 24.5 Å². The Bertz CT molecular complexity index is 1850. The minimum absolute atomic E-state index is 0.0642. The summed E-state index contributed by atoms with van der Waals surface area (Å²) in [5.41, 5.74) is 5.39. The van der Waals surface area contributed by atoms with Crippen molar-refractivity contribution in [3.05, 3.63) is 81.7 Å². The van der Waals surface area contributed by atoms with Crippen LogP contribution >= 0.6 is 0 Å². The van der Waals surface area contributed by atoms with Crippen LogP contribution in [-0.2, 0) is 18.4 Å². The van der Waals surface area contributed by atoms with Crippen molar-refractivity contribution in [1.29, 1.82) is 0 Å². The van der Waals surface area contributed by atoms with Gasteiger partial charge in [-0.3, -0.25) is 19.4 Å². The molecule has 0 radical (unpaired) electrons. The number of benzene rings is 2. The lowest BCUT2D eigenvalue weighted by molar-refractivity contribution is -0.129. The highest BCUT2D eigenvalue weighted by molar-refractivity contribution is 5.87. The van der Waals surface area contributed by atoms with E-state index in [1.54, 1.807) is 56.0 Å². The van der Waals surface area contributed by atoms with E-state index in [1.807, 2.05) is 28.9 Å². The number of nitrogens with zero attached hydrogens (tertiary/aromatic N) is 4. The van der Waals surface area contributed by atoms with E-state index in [0.29, 0.717) is 85.3 Å². The molecule has 51 heavy (non-hydrogen) atoms. The number of methoxy groups -OCH3 is 2. The molecule has 0 saturated carbocycles. The summed E-state index contributed by atoms with van der Waals surface area (Å²) >= 11 is 0. The van der Waals surface area contributed by atoms with E-state index in [-0.39, 0.29) is 24.4 Å². The summed E-state index contributed by atoms with van der Waals surface area (Å²) in [7, 11) is 4.81. The number of piperidine rings is 2. The molecule has 3 aromatic rings. The number of ether oxygens (including phenoxy) is 2. The molecule has 3 aliphatic heterocycles. The Hall–Kier alpha value is -4.49. The second-order valence-electron chi connectivity index (χ2n) is 13.9. The third-order valence-corrected chi connectivity index (χ3v) is 10.6. The van der Waals surface area contributed by atoms with Crippen LogP contribution in [0.15, 0.2) is 53.6 Å². The molecule has 2 atom stereocenters. The third-order valence-electron chi connectivity index (χ3n) is 10.6. The van der Waals surface area contributed by atoms with Crippen LogP contribution in [0.1, 0.15) is 36.0 Å². The number of pyridine rings is 1. The number of alkyl halides is 2. The summed E-state index contributed by atoms with van der Waals surface area (Å²) in [4.78, 5) is 30.2. The first kappa shape index (κ1) is 36.3. The zero-order chi connectivity index (χ0) is 36.6. The van der Waals surface area contributed by atoms with Crippen molar-refractivity contribution in [2.75, 3.05) is 63.7 Å². The molecular formula is C38H47F3N6O4. The van der Waals surface area contributed by atoms with Gasteiger partial charge in [0.05, 0.1) is 38.1 Å². The van der Waals surface area contributed by atoms with Crippen LogP contribution in [-0.4, -0.2) is 91.8 Å². The van der Waals surface area contributed by atoms with Crippen molar-refractivity contribution < 1.29 is 27.4 Å². The summed E-state index contributed by atoms with van der Waals surface area (Å²) in [6.45, 7) is 9.37. The number of anilines is 2. The summed E-state index contributed by atoms with van der Waals surface area (Å²) in [5, 5.41) is 5.82. The third kappa shape index (κ3) is 7.45. The van der Waals surface area contributed by atoms with Gasteiger partial charge in [-0.1, -0.05) is 6.58 Å². The Kier molecular flexibility index (Phi) is 10.4. The number of amides is 1. The topological polar surface area (TPSA) is 91.3 Å². The number of aromatic nitrogens is 1. The molecule has 2 N–H and O–H groups in total. The molecule has 0 unspecified atom stereocenters. The number of piperazine rings is 1. The maximum absolute atomic E-state index is 15.9. The highest BCUT2D eigenvalue weighted by atomic mass is 19.3. The Morgan fingerprint density at radius 3 is 2.27 bits per heavy atom. The Morgan fingerprint density at radius 1 is 0.980 bits per heavy atom. The Morgan fingerprint density at radius 2 is 1.67 bits per heavy atom. The van der Waals surface area contributed by atoms with Gasteiger partial charge in [-0.05, 0) is 74.6 Å². The van der Waals surface area contributed by atoms with Crippen LogP contribution in [0.2, 0.25) is 0 Å². The van der Waals surface area contributed by atoms with E-state index < -0.39 is 30.4 Å². The van der Waals surface area contributed by atoms with Gasteiger partial charge in [-0.15, -0.1) is 0 Å². The van der Waals surface area contributed by atoms with Gasteiger partial charge >= 0.3 is 0 Å². The molecule has 0 spiro atoms. The molecule has 0 aliphatic carbocycles. The average Bonchev–Trinajstić information content (AvgIpc) is 3.10. The van der Waals surface area contributed by atoms with Gasteiger partial charge in [0.25, 0.3) is 11.5 Å². The quantitative estimate of drug-likeness (QED) is 0.319. The van der Waals surface area contributed by atoms with Crippen LogP contribution in [0.25, 0.3) is 11.1 Å². The molecular weight excluding hydrogens is 661 g/mol. The number of allylic oxidation sites excluding steroid dienone is 1. The van der Waals surface area contributed by atoms with Crippen LogP contribution in [0, 0.1) is 19.7 Å². The van der Waals surface area contributed by atoms with E-state index in [0.717, 1.165) is 16.7 Å². The van der Waals surface area contributed by atoms with E-state index in [1.165, 1.54) is 6.07 Å². The molecule has 3 saturated heterocycles. The highest BCUT2D eigenvalue weighted by Crippen LogP contribution is 2.39. The molecule has 6 rings (SSSR count). The smallest absolute Gasteiger partial charge is 0.275 e. The predicted octanol–water partition coefficient (Wildman–Crippen LogP) is 5.06. The molecule has 1 aromatic heterocycles. The number of halogens is 3.